The molecule has 0 aromatic heterocycles. The molecule has 0 aliphatic rings. The summed E-state index contributed by atoms with van der Waals surface area (Å²) >= 11 is 0. The molecule has 0 atom stereocenters. The maximum absolute atomic E-state index is 11.5. The Hall–Kier alpha value is -1.06. The first-order chi connectivity index (χ1) is 6.99. The number of ether oxygens (including phenoxy) is 1. The van der Waals surface area contributed by atoms with Gasteiger partial charge >= 0.3 is 5.97 Å². The van der Waals surface area contributed by atoms with Crippen LogP contribution >= 0.6 is 0 Å². The second-order valence-electron chi connectivity index (χ2n) is 4.52. The van der Waals surface area contributed by atoms with Crippen molar-refractivity contribution >= 4 is 5.97 Å². The van der Waals surface area contributed by atoms with Crippen LogP contribution in [-0.2, 0) is 4.74 Å². The number of carbonyl (C=O) groups is 1. The molecule has 1 aromatic rings. The van der Waals surface area contributed by atoms with E-state index in [1.165, 1.54) is 0 Å². The Morgan fingerprint density at radius 2 is 1.75 bits per heavy atom. The number of benzene rings is 1. The van der Waals surface area contributed by atoms with E-state index >= 15 is 0 Å². The molecule has 0 saturated carbocycles. The number of hydrogen-bond acceptors (Lipinski definition) is 2. The molecule has 0 radical (unpaired) electrons. The lowest BCUT2D eigenvalue weighted by Crippen LogP contribution is -3.00. The van der Waals surface area contributed by atoms with Crippen molar-refractivity contribution in [1.82, 2.24) is 0 Å². The zero-order valence-corrected chi connectivity index (χ0v) is 10.7. The number of rotatable bonds is 4. The number of carbonyl (C=O) groups excluding carboxylic acids is 1. The number of quaternary nitrogens is 1. The number of halogens is 1. The topological polar surface area (TPSA) is 26.3 Å². The van der Waals surface area contributed by atoms with E-state index in [1.807, 2.05) is 18.2 Å². The van der Waals surface area contributed by atoms with E-state index < -0.39 is 0 Å². The van der Waals surface area contributed by atoms with Crippen molar-refractivity contribution in [3.8, 4) is 0 Å². The van der Waals surface area contributed by atoms with Crippen LogP contribution in [0.5, 0.6) is 0 Å². The molecular weight excluding hydrogens is 226 g/mol. The van der Waals surface area contributed by atoms with Gasteiger partial charge in [0.25, 0.3) is 0 Å². The van der Waals surface area contributed by atoms with Crippen LogP contribution in [0.3, 0.4) is 0 Å². The van der Waals surface area contributed by atoms with E-state index in [0.29, 0.717) is 12.2 Å². The minimum Gasteiger partial charge on any atom is -1.00 e. The zero-order valence-electron chi connectivity index (χ0n) is 9.94. The molecule has 0 spiro atoms. The van der Waals surface area contributed by atoms with Gasteiger partial charge in [-0.3, -0.25) is 0 Å². The van der Waals surface area contributed by atoms with Crippen molar-refractivity contribution in [2.75, 3.05) is 34.3 Å². The Balaban J connectivity index is 0.00000225. The first-order valence-corrected chi connectivity index (χ1v) is 5.02. The summed E-state index contributed by atoms with van der Waals surface area (Å²) in [5.74, 6) is -0.246. The van der Waals surface area contributed by atoms with Crippen LogP contribution in [0.1, 0.15) is 10.4 Å². The molecule has 16 heavy (non-hydrogen) atoms. The number of likely N-dealkylation sites (N-methyl/N-ethyl adjacent to an activating group) is 1. The molecule has 0 unspecified atom stereocenters. The van der Waals surface area contributed by atoms with Gasteiger partial charge in [-0.2, -0.15) is 0 Å². The van der Waals surface area contributed by atoms with Gasteiger partial charge in [0, 0.05) is 0 Å². The summed E-state index contributed by atoms with van der Waals surface area (Å²) in [6.07, 6.45) is 0. The molecule has 0 fully saturated rings. The van der Waals surface area contributed by atoms with Crippen LogP contribution < -0.4 is 12.4 Å². The predicted molar refractivity (Wildman–Crippen MR) is 59.6 cm³/mol. The van der Waals surface area contributed by atoms with E-state index in [2.05, 4.69) is 21.1 Å². The van der Waals surface area contributed by atoms with Crippen molar-refractivity contribution < 1.29 is 26.4 Å². The quantitative estimate of drug-likeness (QED) is 0.478. The molecule has 0 heterocycles. The maximum atomic E-state index is 11.5. The Bertz CT molecular complexity index is 320. The lowest BCUT2D eigenvalue weighted by atomic mass is 10.2. The summed E-state index contributed by atoms with van der Waals surface area (Å²) in [7, 11) is 6.20. The van der Waals surface area contributed by atoms with Gasteiger partial charge in [0.05, 0.1) is 26.7 Å². The smallest absolute Gasteiger partial charge is 0.338 e. The highest BCUT2D eigenvalue weighted by atomic mass is 35.5. The van der Waals surface area contributed by atoms with Crippen molar-refractivity contribution in [3.05, 3.63) is 35.9 Å². The van der Waals surface area contributed by atoms with Crippen LogP contribution in [0.25, 0.3) is 0 Å². The predicted octanol–water partition coefficient (Wildman–Crippen LogP) is -1.45. The third kappa shape index (κ3) is 5.73. The summed E-state index contributed by atoms with van der Waals surface area (Å²) in [6, 6.07) is 9.05. The molecule has 0 N–H and O–H groups in total. The van der Waals surface area contributed by atoms with Gasteiger partial charge in [-0.05, 0) is 12.1 Å². The third-order valence-electron chi connectivity index (χ3n) is 2.00. The van der Waals surface area contributed by atoms with Crippen molar-refractivity contribution in [3.63, 3.8) is 0 Å². The maximum Gasteiger partial charge on any atom is 0.338 e. The fourth-order valence-corrected chi connectivity index (χ4v) is 1.07. The van der Waals surface area contributed by atoms with E-state index in [0.717, 1.165) is 11.0 Å². The van der Waals surface area contributed by atoms with Crippen LogP contribution in [0.2, 0.25) is 0 Å². The van der Waals surface area contributed by atoms with Gasteiger partial charge in [0.1, 0.15) is 13.2 Å². The fraction of sp³-hybridized carbons (Fsp3) is 0.417. The highest BCUT2D eigenvalue weighted by Crippen LogP contribution is 2.01. The Morgan fingerprint density at radius 1 is 1.19 bits per heavy atom. The lowest BCUT2D eigenvalue weighted by molar-refractivity contribution is -0.870. The highest BCUT2D eigenvalue weighted by Gasteiger charge is 2.10. The van der Waals surface area contributed by atoms with Crippen LogP contribution in [-0.4, -0.2) is 44.7 Å². The Labute approximate surface area is 103 Å². The lowest BCUT2D eigenvalue weighted by Gasteiger charge is -2.23. The molecule has 0 amide bonds. The van der Waals surface area contributed by atoms with Crippen LogP contribution in [0.4, 0.5) is 0 Å². The monoisotopic (exact) mass is 243 g/mol. The molecule has 3 nitrogen and oxygen atoms in total. The van der Waals surface area contributed by atoms with Gasteiger partial charge in [0.2, 0.25) is 0 Å². The standard InChI is InChI=1S/C12H18NO2.ClH/c1-13(2,3)9-10-15-12(14)11-7-5-4-6-8-11;/h4-8H,9-10H2,1-3H3;1H/q+1;/p-1. The Morgan fingerprint density at radius 3 is 2.25 bits per heavy atom. The summed E-state index contributed by atoms with van der Waals surface area (Å²) in [6.45, 7) is 1.27. The first kappa shape index (κ1) is 14.9. The minimum absolute atomic E-state index is 0. The van der Waals surface area contributed by atoms with E-state index in [-0.39, 0.29) is 18.4 Å². The Kier molecular flexibility index (Phi) is 6.08. The van der Waals surface area contributed by atoms with Crippen LogP contribution in [0, 0.1) is 0 Å². The molecule has 1 rings (SSSR count). The SMILES string of the molecule is C[N+](C)(C)CCOC(=O)c1ccccc1.[Cl-]. The van der Waals surface area contributed by atoms with Crippen molar-refractivity contribution in [1.29, 1.82) is 0 Å². The summed E-state index contributed by atoms with van der Waals surface area (Å²) in [5.41, 5.74) is 0.610. The third-order valence-corrected chi connectivity index (χ3v) is 2.00. The van der Waals surface area contributed by atoms with Gasteiger partial charge in [0.15, 0.2) is 0 Å². The summed E-state index contributed by atoms with van der Waals surface area (Å²) in [5, 5.41) is 0. The number of nitrogens with zero attached hydrogens (tertiary/aromatic N) is 1. The zero-order chi connectivity index (χ0) is 11.3. The molecule has 90 valence electrons. The van der Waals surface area contributed by atoms with Gasteiger partial charge in [-0.1, -0.05) is 18.2 Å². The molecule has 0 bridgehead atoms. The second kappa shape index (κ2) is 6.51. The normalized spacial score (nSPS) is 10.4. The highest BCUT2D eigenvalue weighted by molar-refractivity contribution is 5.89. The molecule has 1 aromatic carbocycles. The van der Waals surface area contributed by atoms with Crippen molar-refractivity contribution in [2.45, 2.75) is 0 Å². The molecule has 0 aliphatic heterocycles. The summed E-state index contributed by atoms with van der Waals surface area (Å²) in [4.78, 5) is 11.5. The second-order valence-corrected chi connectivity index (χ2v) is 4.52. The largest absolute Gasteiger partial charge is 1.00 e. The fourth-order valence-electron chi connectivity index (χ4n) is 1.07. The first-order valence-electron chi connectivity index (χ1n) is 5.02. The van der Waals surface area contributed by atoms with Gasteiger partial charge < -0.3 is 21.6 Å². The molecule has 4 heteroatoms. The van der Waals surface area contributed by atoms with E-state index in [9.17, 15) is 4.79 Å². The minimum atomic E-state index is -0.246. The summed E-state index contributed by atoms with van der Waals surface area (Å²) < 4.78 is 5.94. The van der Waals surface area contributed by atoms with Crippen LogP contribution in [0.15, 0.2) is 30.3 Å². The van der Waals surface area contributed by atoms with E-state index in [4.69, 9.17) is 4.74 Å². The average Bonchev–Trinajstić information content (AvgIpc) is 2.17. The van der Waals surface area contributed by atoms with Gasteiger partial charge in [-0.15, -0.1) is 0 Å². The number of esters is 1. The van der Waals surface area contributed by atoms with E-state index in [1.54, 1.807) is 12.1 Å². The van der Waals surface area contributed by atoms with Crippen molar-refractivity contribution in [2.24, 2.45) is 0 Å². The van der Waals surface area contributed by atoms with Gasteiger partial charge in [-0.25, -0.2) is 4.79 Å². The number of hydrogen-bond donors (Lipinski definition) is 0. The molecular formula is C12H18ClNO2. The molecule has 0 saturated heterocycles. The molecule has 0 aliphatic carbocycles. The average molecular weight is 244 g/mol.